The van der Waals surface area contributed by atoms with Crippen LogP contribution in [0.3, 0.4) is 0 Å². The molecule has 1 N–H and O–H groups in total. The Hall–Kier alpha value is -1.26. The second-order valence-corrected chi connectivity index (χ2v) is 6.60. The first-order chi connectivity index (χ1) is 8.82. The maximum atomic E-state index is 12.4. The van der Waals surface area contributed by atoms with Crippen molar-refractivity contribution in [3.05, 3.63) is 0 Å². The van der Waals surface area contributed by atoms with Crippen molar-refractivity contribution < 1.29 is 14.7 Å². The Morgan fingerprint density at radius 2 is 1.74 bits per heavy atom. The summed E-state index contributed by atoms with van der Waals surface area (Å²) in [7, 11) is 0. The lowest BCUT2D eigenvalue weighted by molar-refractivity contribution is -0.142. The molecular weight excluding hydrogens is 244 g/mol. The van der Waals surface area contributed by atoms with Crippen LogP contribution in [0.15, 0.2) is 0 Å². The fourth-order valence-electron chi connectivity index (χ4n) is 3.02. The summed E-state index contributed by atoms with van der Waals surface area (Å²) in [6, 6.07) is -0.174. The summed E-state index contributed by atoms with van der Waals surface area (Å²) in [4.78, 5) is 27.2. The Kier molecular flexibility index (Phi) is 3.74. The number of piperidine rings is 1. The predicted octanol–water partition coefficient (Wildman–Crippen LogP) is 2.02. The standard InChI is InChI=1S/C14H24N2O3/c1-10-11(12(17)18)4-7-16(10)13(19)15-8-5-14(2,3)6-9-15/h10-11H,4-9H2,1-3H3,(H,17,18). The number of carboxylic acid groups (broad SMARTS) is 1. The average Bonchev–Trinajstić information content (AvgIpc) is 2.70. The molecule has 0 aromatic carbocycles. The van der Waals surface area contributed by atoms with Crippen LogP contribution in [0.5, 0.6) is 0 Å². The number of carbonyl (C=O) groups excluding carboxylic acids is 1. The zero-order valence-electron chi connectivity index (χ0n) is 12.1. The van der Waals surface area contributed by atoms with E-state index < -0.39 is 11.9 Å². The maximum Gasteiger partial charge on any atom is 0.320 e. The zero-order valence-corrected chi connectivity index (χ0v) is 12.1. The molecule has 108 valence electrons. The van der Waals surface area contributed by atoms with E-state index in [-0.39, 0.29) is 12.1 Å². The molecule has 2 saturated heterocycles. The van der Waals surface area contributed by atoms with Crippen molar-refractivity contribution in [3.63, 3.8) is 0 Å². The van der Waals surface area contributed by atoms with Crippen molar-refractivity contribution in [2.45, 2.75) is 46.1 Å². The third kappa shape index (κ3) is 2.85. The van der Waals surface area contributed by atoms with Crippen LogP contribution in [0.4, 0.5) is 4.79 Å². The van der Waals surface area contributed by atoms with Gasteiger partial charge in [-0.1, -0.05) is 13.8 Å². The van der Waals surface area contributed by atoms with Gasteiger partial charge in [0.25, 0.3) is 0 Å². The van der Waals surface area contributed by atoms with Gasteiger partial charge in [0.05, 0.1) is 5.92 Å². The van der Waals surface area contributed by atoms with E-state index in [4.69, 9.17) is 5.11 Å². The summed E-state index contributed by atoms with van der Waals surface area (Å²) in [6.45, 7) is 8.44. The molecule has 2 aliphatic rings. The minimum atomic E-state index is -0.789. The van der Waals surface area contributed by atoms with Crippen LogP contribution in [0, 0.1) is 11.3 Å². The first kappa shape index (κ1) is 14.2. The SMILES string of the molecule is CC1C(C(=O)O)CCN1C(=O)N1CCC(C)(C)CC1. The fraction of sp³-hybridized carbons (Fsp3) is 0.857. The number of urea groups is 1. The van der Waals surface area contributed by atoms with Crippen molar-refractivity contribution in [3.8, 4) is 0 Å². The molecule has 2 aliphatic heterocycles. The summed E-state index contributed by atoms with van der Waals surface area (Å²) in [5.74, 6) is -1.20. The predicted molar refractivity (Wildman–Crippen MR) is 71.9 cm³/mol. The van der Waals surface area contributed by atoms with E-state index in [9.17, 15) is 9.59 Å². The highest BCUT2D eigenvalue weighted by Crippen LogP contribution is 2.32. The number of amides is 2. The molecule has 0 saturated carbocycles. The van der Waals surface area contributed by atoms with Crippen LogP contribution in [0.1, 0.15) is 40.0 Å². The minimum Gasteiger partial charge on any atom is -0.481 e. The van der Waals surface area contributed by atoms with Gasteiger partial charge in [0.15, 0.2) is 0 Å². The summed E-state index contributed by atoms with van der Waals surface area (Å²) in [5, 5.41) is 9.11. The normalized spacial score (nSPS) is 30.5. The monoisotopic (exact) mass is 268 g/mol. The van der Waals surface area contributed by atoms with Crippen LogP contribution in [0.2, 0.25) is 0 Å². The molecule has 2 amide bonds. The molecule has 2 atom stereocenters. The van der Waals surface area contributed by atoms with E-state index in [2.05, 4.69) is 13.8 Å². The van der Waals surface area contributed by atoms with E-state index in [1.807, 2.05) is 11.8 Å². The second kappa shape index (κ2) is 5.02. The van der Waals surface area contributed by atoms with Crippen LogP contribution >= 0.6 is 0 Å². The number of carbonyl (C=O) groups is 2. The van der Waals surface area contributed by atoms with Gasteiger partial charge in [-0.25, -0.2) is 4.79 Å². The summed E-state index contributed by atoms with van der Waals surface area (Å²) < 4.78 is 0. The van der Waals surface area contributed by atoms with Gasteiger partial charge in [0.2, 0.25) is 0 Å². The first-order valence-corrected chi connectivity index (χ1v) is 7.10. The van der Waals surface area contributed by atoms with Crippen molar-refractivity contribution in [1.82, 2.24) is 9.80 Å². The molecule has 2 rings (SSSR count). The topological polar surface area (TPSA) is 60.9 Å². The van der Waals surface area contributed by atoms with E-state index in [0.29, 0.717) is 18.4 Å². The molecule has 0 spiro atoms. The summed E-state index contributed by atoms with van der Waals surface area (Å²) in [6.07, 6.45) is 2.61. The molecule has 2 fully saturated rings. The van der Waals surface area contributed by atoms with Crippen LogP contribution in [-0.2, 0) is 4.79 Å². The lowest BCUT2D eigenvalue weighted by Crippen LogP contribution is -2.49. The average molecular weight is 268 g/mol. The van der Waals surface area contributed by atoms with E-state index in [0.717, 1.165) is 25.9 Å². The highest BCUT2D eigenvalue weighted by Gasteiger charge is 2.40. The van der Waals surface area contributed by atoms with Crippen molar-refractivity contribution in [1.29, 1.82) is 0 Å². The Morgan fingerprint density at radius 1 is 1.16 bits per heavy atom. The Morgan fingerprint density at radius 3 is 2.21 bits per heavy atom. The molecule has 0 bridgehead atoms. The largest absolute Gasteiger partial charge is 0.481 e. The van der Waals surface area contributed by atoms with E-state index >= 15 is 0 Å². The lowest BCUT2D eigenvalue weighted by atomic mass is 9.83. The molecule has 5 nitrogen and oxygen atoms in total. The minimum absolute atomic E-state index is 0.0201. The Balaban J connectivity index is 1.96. The highest BCUT2D eigenvalue weighted by atomic mass is 16.4. The van der Waals surface area contributed by atoms with Gasteiger partial charge in [-0.05, 0) is 31.6 Å². The first-order valence-electron chi connectivity index (χ1n) is 7.10. The molecule has 2 heterocycles. The molecule has 0 aliphatic carbocycles. The number of nitrogens with zero attached hydrogens (tertiary/aromatic N) is 2. The number of hydrogen-bond acceptors (Lipinski definition) is 2. The van der Waals surface area contributed by atoms with Gasteiger partial charge >= 0.3 is 12.0 Å². The van der Waals surface area contributed by atoms with Gasteiger partial charge in [-0.2, -0.15) is 0 Å². The molecule has 2 unspecified atom stereocenters. The van der Waals surface area contributed by atoms with E-state index in [1.54, 1.807) is 4.90 Å². The number of likely N-dealkylation sites (tertiary alicyclic amines) is 2. The smallest absolute Gasteiger partial charge is 0.320 e. The van der Waals surface area contributed by atoms with Crippen molar-refractivity contribution >= 4 is 12.0 Å². The highest BCUT2D eigenvalue weighted by molar-refractivity contribution is 5.78. The Bertz CT molecular complexity index is 371. The van der Waals surface area contributed by atoms with Crippen molar-refractivity contribution in [2.24, 2.45) is 11.3 Å². The third-order valence-corrected chi connectivity index (χ3v) is 4.71. The summed E-state index contributed by atoms with van der Waals surface area (Å²) >= 11 is 0. The van der Waals surface area contributed by atoms with Crippen LogP contribution < -0.4 is 0 Å². The summed E-state index contributed by atoms with van der Waals surface area (Å²) in [5.41, 5.74) is 0.316. The molecule has 0 radical (unpaired) electrons. The molecule has 5 heteroatoms. The van der Waals surface area contributed by atoms with E-state index in [1.165, 1.54) is 0 Å². The van der Waals surface area contributed by atoms with Gasteiger partial charge < -0.3 is 14.9 Å². The van der Waals surface area contributed by atoms with Gasteiger partial charge in [0, 0.05) is 25.7 Å². The quantitative estimate of drug-likeness (QED) is 0.791. The number of rotatable bonds is 1. The van der Waals surface area contributed by atoms with Gasteiger partial charge in [-0.3, -0.25) is 4.79 Å². The second-order valence-electron chi connectivity index (χ2n) is 6.60. The molecule has 0 aromatic heterocycles. The zero-order chi connectivity index (χ0) is 14.2. The lowest BCUT2D eigenvalue weighted by Gasteiger charge is -2.39. The molecule has 0 aromatic rings. The maximum absolute atomic E-state index is 12.4. The molecule has 19 heavy (non-hydrogen) atoms. The van der Waals surface area contributed by atoms with Crippen molar-refractivity contribution in [2.75, 3.05) is 19.6 Å². The number of hydrogen-bond donors (Lipinski definition) is 1. The third-order valence-electron chi connectivity index (χ3n) is 4.71. The Labute approximate surface area is 114 Å². The number of aliphatic carboxylic acids is 1. The fourth-order valence-corrected chi connectivity index (χ4v) is 3.02. The van der Waals surface area contributed by atoms with Gasteiger partial charge in [-0.15, -0.1) is 0 Å². The van der Waals surface area contributed by atoms with Crippen LogP contribution in [0.25, 0.3) is 0 Å². The number of carboxylic acids is 1. The molecular formula is C14H24N2O3. The van der Waals surface area contributed by atoms with Gasteiger partial charge in [0.1, 0.15) is 0 Å². The van der Waals surface area contributed by atoms with Crippen LogP contribution in [-0.4, -0.2) is 52.6 Å².